The van der Waals surface area contributed by atoms with E-state index in [1.54, 1.807) is 0 Å². The molecule has 0 aliphatic carbocycles. The van der Waals surface area contributed by atoms with E-state index in [1.807, 2.05) is 0 Å². The zero-order valence-electron chi connectivity index (χ0n) is 19.2. The van der Waals surface area contributed by atoms with Gasteiger partial charge in [-0.25, -0.2) is 18.7 Å². The number of hydrogen-bond acceptors (Lipinski definition) is 6. The molecule has 0 aliphatic rings. The van der Waals surface area contributed by atoms with E-state index in [1.165, 1.54) is 24.9 Å². The molecule has 2 aromatic heterocycles. The van der Waals surface area contributed by atoms with Gasteiger partial charge in [-0.3, -0.25) is 14.6 Å². The molecule has 0 atom stereocenters. The Morgan fingerprint density at radius 1 is 1.00 bits per heavy atom. The van der Waals surface area contributed by atoms with Gasteiger partial charge in [0.05, 0.1) is 11.3 Å². The maximum atomic E-state index is 14.4. The first-order valence-electron chi connectivity index (χ1n) is 10.6. The molecule has 0 spiro atoms. The summed E-state index contributed by atoms with van der Waals surface area (Å²) in [7, 11) is 1.39. The van der Waals surface area contributed by atoms with Crippen molar-refractivity contribution in [1.29, 1.82) is 0 Å². The van der Waals surface area contributed by atoms with Gasteiger partial charge >= 0.3 is 6.18 Å². The van der Waals surface area contributed by atoms with Crippen LogP contribution in [0, 0.1) is 11.6 Å². The molecule has 190 valence electrons. The number of nitrogens with one attached hydrogen (secondary N) is 2. The van der Waals surface area contributed by atoms with Gasteiger partial charge in [0.2, 0.25) is 5.91 Å². The number of hydrogen-bond donors (Lipinski definition) is 2. The van der Waals surface area contributed by atoms with Crippen molar-refractivity contribution in [2.75, 3.05) is 25.0 Å². The van der Waals surface area contributed by atoms with E-state index in [-0.39, 0.29) is 41.0 Å². The van der Waals surface area contributed by atoms with Gasteiger partial charge in [-0.05, 0) is 24.6 Å². The first-order chi connectivity index (χ1) is 17.0. The topological polar surface area (TPSA) is 100 Å². The van der Waals surface area contributed by atoms with E-state index in [9.17, 15) is 31.5 Å². The van der Waals surface area contributed by atoms with E-state index in [0.717, 1.165) is 24.4 Å². The van der Waals surface area contributed by atoms with Crippen molar-refractivity contribution in [3.63, 3.8) is 0 Å². The molecule has 3 aromatic rings. The average Bonchev–Trinajstić information content (AvgIpc) is 2.82. The molecule has 13 heteroatoms. The van der Waals surface area contributed by atoms with Crippen LogP contribution in [0.5, 0.6) is 0 Å². The largest absolute Gasteiger partial charge is 0.417 e. The van der Waals surface area contributed by atoms with Crippen molar-refractivity contribution in [2.45, 2.75) is 19.5 Å². The minimum absolute atomic E-state index is 0.0358. The van der Waals surface area contributed by atoms with Crippen LogP contribution in [0.4, 0.5) is 33.5 Å². The molecule has 3 rings (SSSR count). The summed E-state index contributed by atoms with van der Waals surface area (Å²) < 4.78 is 67.3. The van der Waals surface area contributed by atoms with Gasteiger partial charge in [-0.1, -0.05) is 0 Å². The number of halogens is 5. The summed E-state index contributed by atoms with van der Waals surface area (Å²) in [5, 5.41) is 5.17. The normalized spacial score (nSPS) is 11.2. The Balaban J connectivity index is 1.99. The number of nitrogens with zero attached hydrogens (tertiary/aromatic N) is 4. The molecule has 0 radical (unpaired) electrons. The van der Waals surface area contributed by atoms with E-state index in [4.69, 9.17) is 0 Å². The number of benzene rings is 1. The number of rotatable bonds is 8. The highest BCUT2D eigenvalue weighted by molar-refractivity contribution is 5.93. The van der Waals surface area contributed by atoms with Crippen LogP contribution < -0.4 is 15.5 Å². The molecule has 0 aliphatic heterocycles. The van der Waals surface area contributed by atoms with Gasteiger partial charge in [-0.2, -0.15) is 13.2 Å². The van der Waals surface area contributed by atoms with Crippen molar-refractivity contribution >= 4 is 23.3 Å². The number of carbonyl (C=O) groups excluding carboxylic acids is 2. The molecule has 0 saturated carbocycles. The first-order valence-corrected chi connectivity index (χ1v) is 10.6. The number of carbonyl (C=O) groups is 2. The van der Waals surface area contributed by atoms with Crippen molar-refractivity contribution in [3.8, 4) is 11.4 Å². The van der Waals surface area contributed by atoms with Gasteiger partial charge in [0.25, 0.3) is 5.91 Å². The van der Waals surface area contributed by atoms with Crippen LogP contribution in [0.25, 0.3) is 11.4 Å². The van der Waals surface area contributed by atoms with Crippen molar-refractivity contribution in [3.05, 3.63) is 65.6 Å². The summed E-state index contributed by atoms with van der Waals surface area (Å²) in [5.74, 6) is -2.91. The molecule has 2 N–H and O–H groups in total. The highest BCUT2D eigenvalue weighted by atomic mass is 19.4. The fourth-order valence-electron chi connectivity index (χ4n) is 3.09. The molecule has 0 unspecified atom stereocenters. The fraction of sp³-hybridized carbons (Fsp3) is 0.261. The standard InChI is InChI=1S/C23H21F5N6O2/c1-13(35)30-6-3-7-31-22(36)18-10-20(34(2)19-5-4-16(24)9-17(19)25)33-21(32-18)14-8-15(12-29-11-14)23(26,27)28/h4-5,8-12H,3,6-7H2,1-2H3,(H,30,35)(H,31,36). The van der Waals surface area contributed by atoms with E-state index in [2.05, 4.69) is 25.6 Å². The van der Waals surface area contributed by atoms with E-state index < -0.39 is 29.3 Å². The number of pyridine rings is 1. The maximum Gasteiger partial charge on any atom is 0.417 e. The first kappa shape index (κ1) is 26.4. The van der Waals surface area contributed by atoms with Gasteiger partial charge in [0, 0.05) is 57.2 Å². The lowest BCUT2D eigenvalue weighted by molar-refractivity contribution is -0.137. The molecule has 2 amide bonds. The molecule has 0 fully saturated rings. The smallest absolute Gasteiger partial charge is 0.356 e. The second kappa shape index (κ2) is 11.1. The summed E-state index contributed by atoms with van der Waals surface area (Å²) in [5.41, 5.74) is -1.47. The van der Waals surface area contributed by atoms with Gasteiger partial charge < -0.3 is 15.5 Å². The minimum Gasteiger partial charge on any atom is -0.356 e. The Labute approximate surface area is 202 Å². The Hall–Kier alpha value is -4.16. The molecular weight excluding hydrogens is 487 g/mol. The highest BCUT2D eigenvalue weighted by Crippen LogP contribution is 2.32. The van der Waals surface area contributed by atoms with Crippen LogP contribution >= 0.6 is 0 Å². The lowest BCUT2D eigenvalue weighted by atomic mass is 10.2. The lowest BCUT2D eigenvalue weighted by Crippen LogP contribution is -2.29. The molecule has 2 heterocycles. The Bertz CT molecular complexity index is 1270. The zero-order chi connectivity index (χ0) is 26.5. The van der Waals surface area contributed by atoms with Crippen LogP contribution in [-0.2, 0) is 11.0 Å². The van der Waals surface area contributed by atoms with Crippen LogP contribution in [0.2, 0.25) is 0 Å². The summed E-state index contributed by atoms with van der Waals surface area (Å²) in [6, 6.07) is 4.83. The summed E-state index contributed by atoms with van der Waals surface area (Å²) in [4.78, 5) is 36.8. The van der Waals surface area contributed by atoms with Gasteiger partial charge in [0.15, 0.2) is 5.82 Å². The summed E-state index contributed by atoms with van der Waals surface area (Å²) >= 11 is 0. The van der Waals surface area contributed by atoms with Gasteiger partial charge in [0.1, 0.15) is 23.1 Å². The van der Waals surface area contributed by atoms with E-state index in [0.29, 0.717) is 25.2 Å². The number of alkyl halides is 3. The molecule has 0 saturated heterocycles. The minimum atomic E-state index is -4.68. The SMILES string of the molecule is CC(=O)NCCCNC(=O)c1cc(N(C)c2ccc(F)cc2F)nc(-c2cncc(C(F)(F)F)c2)n1. The third kappa shape index (κ3) is 6.71. The van der Waals surface area contributed by atoms with Crippen LogP contribution in [0.1, 0.15) is 29.4 Å². The molecule has 8 nitrogen and oxygen atoms in total. The van der Waals surface area contributed by atoms with Crippen molar-refractivity contribution in [2.24, 2.45) is 0 Å². The van der Waals surface area contributed by atoms with Crippen molar-refractivity contribution in [1.82, 2.24) is 25.6 Å². The van der Waals surface area contributed by atoms with Crippen LogP contribution in [-0.4, -0.2) is 46.9 Å². The summed E-state index contributed by atoms with van der Waals surface area (Å²) in [6.07, 6.45) is -2.53. The Kier molecular flexibility index (Phi) is 8.12. The lowest BCUT2D eigenvalue weighted by Gasteiger charge is -2.20. The molecule has 1 aromatic carbocycles. The van der Waals surface area contributed by atoms with Crippen LogP contribution in [0.15, 0.2) is 42.7 Å². The van der Waals surface area contributed by atoms with Crippen molar-refractivity contribution < 1.29 is 31.5 Å². The summed E-state index contributed by atoms with van der Waals surface area (Å²) in [6.45, 7) is 1.84. The Morgan fingerprint density at radius 2 is 1.72 bits per heavy atom. The Morgan fingerprint density at radius 3 is 2.39 bits per heavy atom. The zero-order valence-corrected chi connectivity index (χ0v) is 19.2. The second-order valence-electron chi connectivity index (χ2n) is 7.64. The average molecular weight is 508 g/mol. The number of anilines is 2. The predicted octanol–water partition coefficient (Wildman–Crippen LogP) is 3.86. The third-order valence-corrected chi connectivity index (χ3v) is 4.90. The fourth-order valence-corrected chi connectivity index (χ4v) is 3.09. The highest BCUT2D eigenvalue weighted by Gasteiger charge is 2.31. The monoisotopic (exact) mass is 508 g/mol. The second-order valence-corrected chi connectivity index (χ2v) is 7.64. The van der Waals surface area contributed by atoms with Gasteiger partial charge in [-0.15, -0.1) is 0 Å². The maximum absolute atomic E-state index is 14.4. The molecular formula is C23H21F5N6O2. The third-order valence-electron chi connectivity index (χ3n) is 4.90. The molecule has 0 bridgehead atoms. The predicted molar refractivity (Wildman–Crippen MR) is 120 cm³/mol. The van der Waals surface area contributed by atoms with E-state index >= 15 is 0 Å². The molecule has 36 heavy (non-hydrogen) atoms. The number of aromatic nitrogens is 3. The quantitative estimate of drug-likeness (QED) is 0.354. The number of amides is 2. The van der Waals surface area contributed by atoms with Crippen LogP contribution in [0.3, 0.4) is 0 Å².